The molecule has 0 spiro atoms. The third-order valence-corrected chi connectivity index (χ3v) is 6.69. The number of carbonyl (C=O) groups excluding carboxylic acids is 1. The van der Waals surface area contributed by atoms with Crippen molar-refractivity contribution in [2.24, 2.45) is 0 Å². The van der Waals surface area contributed by atoms with E-state index in [9.17, 15) is 13.2 Å². The van der Waals surface area contributed by atoms with E-state index in [0.29, 0.717) is 18.5 Å². The zero-order valence-electron chi connectivity index (χ0n) is 16.9. The summed E-state index contributed by atoms with van der Waals surface area (Å²) >= 11 is 0. The second-order valence-electron chi connectivity index (χ2n) is 7.36. The average molecular weight is 417 g/mol. The van der Waals surface area contributed by atoms with Crippen LogP contribution in [0.5, 0.6) is 0 Å². The van der Waals surface area contributed by atoms with Crippen LogP contribution in [0.15, 0.2) is 47.5 Å². The minimum atomic E-state index is -3.57. The summed E-state index contributed by atoms with van der Waals surface area (Å²) in [5, 5.41) is 2.85. The third-order valence-electron chi connectivity index (χ3n) is 5.09. The molecule has 29 heavy (non-hydrogen) atoms. The number of pyridine rings is 1. The molecule has 7 nitrogen and oxygen atoms in total. The van der Waals surface area contributed by atoms with Gasteiger partial charge < -0.3 is 10.2 Å². The molecule has 156 valence electrons. The van der Waals surface area contributed by atoms with Crippen LogP contribution in [0.25, 0.3) is 0 Å². The molecule has 0 radical (unpaired) electrons. The normalized spacial score (nSPS) is 15.3. The molecule has 0 bridgehead atoms. The molecule has 1 amide bonds. The summed E-state index contributed by atoms with van der Waals surface area (Å²) in [6.07, 6.45) is 4.89. The molecule has 0 saturated carbocycles. The Morgan fingerprint density at radius 3 is 2.41 bits per heavy atom. The first kappa shape index (κ1) is 21.3. The van der Waals surface area contributed by atoms with E-state index < -0.39 is 10.0 Å². The standard InChI is InChI=1S/C21H28N4O3S/c1-3-16(2)24-29(27,28)19-9-7-18(8-10-19)21(26)23-15-17-6-11-20(22-14-17)25-12-4-5-13-25/h6-11,14,16,24H,3-5,12-13,15H2,1-2H3,(H,23,26). The summed E-state index contributed by atoms with van der Waals surface area (Å²) < 4.78 is 27.2. The van der Waals surface area contributed by atoms with Gasteiger partial charge in [0.25, 0.3) is 5.91 Å². The van der Waals surface area contributed by atoms with Crippen LogP contribution < -0.4 is 14.9 Å². The molecule has 1 fully saturated rings. The molecule has 1 saturated heterocycles. The van der Waals surface area contributed by atoms with Crippen molar-refractivity contribution in [1.82, 2.24) is 15.0 Å². The average Bonchev–Trinajstić information content (AvgIpc) is 3.27. The van der Waals surface area contributed by atoms with Crippen LogP contribution in [0.2, 0.25) is 0 Å². The summed E-state index contributed by atoms with van der Waals surface area (Å²) in [6.45, 7) is 6.17. The van der Waals surface area contributed by atoms with Gasteiger partial charge in [-0.25, -0.2) is 18.1 Å². The summed E-state index contributed by atoms with van der Waals surface area (Å²) in [7, 11) is -3.57. The number of carbonyl (C=O) groups is 1. The van der Waals surface area contributed by atoms with Crippen LogP contribution in [-0.2, 0) is 16.6 Å². The number of amides is 1. The molecule has 3 rings (SSSR count). The number of nitrogens with one attached hydrogen (secondary N) is 2. The summed E-state index contributed by atoms with van der Waals surface area (Å²) in [4.78, 5) is 19.3. The van der Waals surface area contributed by atoms with Gasteiger partial charge in [0, 0.05) is 37.4 Å². The molecule has 8 heteroatoms. The molecular weight excluding hydrogens is 388 g/mol. The monoisotopic (exact) mass is 416 g/mol. The number of hydrogen-bond donors (Lipinski definition) is 2. The number of hydrogen-bond acceptors (Lipinski definition) is 5. The fraction of sp³-hybridized carbons (Fsp3) is 0.429. The van der Waals surface area contributed by atoms with Crippen molar-refractivity contribution >= 4 is 21.7 Å². The Kier molecular flexibility index (Phi) is 6.87. The van der Waals surface area contributed by atoms with E-state index in [-0.39, 0.29) is 16.8 Å². The summed E-state index contributed by atoms with van der Waals surface area (Å²) in [5.41, 5.74) is 1.33. The number of aromatic nitrogens is 1. The van der Waals surface area contributed by atoms with Crippen LogP contribution >= 0.6 is 0 Å². The van der Waals surface area contributed by atoms with E-state index >= 15 is 0 Å². The number of nitrogens with zero attached hydrogens (tertiary/aromatic N) is 2. The topological polar surface area (TPSA) is 91.4 Å². The van der Waals surface area contributed by atoms with Crippen molar-refractivity contribution in [2.45, 2.75) is 50.6 Å². The van der Waals surface area contributed by atoms with Gasteiger partial charge in [0.15, 0.2) is 0 Å². The van der Waals surface area contributed by atoms with Gasteiger partial charge in [0.05, 0.1) is 4.90 Å². The van der Waals surface area contributed by atoms with Gasteiger partial charge in [0.2, 0.25) is 10.0 Å². The first-order chi connectivity index (χ1) is 13.9. The highest BCUT2D eigenvalue weighted by Crippen LogP contribution is 2.17. The Labute approximate surface area is 172 Å². The molecule has 1 aromatic heterocycles. The maximum absolute atomic E-state index is 12.4. The van der Waals surface area contributed by atoms with E-state index in [4.69, 9.17) is 0 Å². The largest absolute Gasteiger partial charge is 0.357 e. The molecule has 1 atom stereocenters. The van der Waals surface area contributed by atoms with E-state index in [1.165, 1.54) is 37.1 Å². The van der Waals surface area contributed by atoms with Crippen LogP contribution in [0.4, 0.5) is 5.82 Å². The number of rotatable bonds is 8. The van der Waals surface area contributed by atoms with Crippen molar-refractivity contribution in [1.29, 1.82) is 0 Å². The van der Waals surface area contributed by atoms with E-state index in [0.717, 1.165) is 24.5 Å². The van der Waals surface area contributed by atoms with Crippen molar-refractivity contribution in [3.63, 3.8) is 0 Å². The first-order valence-corrected chi connectivity index (χ1v) is 11.5. The Hall–Kier alpha value is -2.45. The van der Waals surface area contributed by atoms with Gasteiger partial charge in [-0.3, -0.25) is 4.79 Å². The molecule has 1 aliphatic heterocycles. The lowest BCUT2D eigenvalue weighted by Gasteiger charge is -2.16. The fourth-order valence-electron chi connectivity index (χ4n) is 3.14. The smallest absolute Gasteiger partial charge is 0.251 e. The van der Waals surface area contributed by atoms with Gasteiger partial charge in [-0.15, -0.1) is 0 Å². The van der Waals surface area contributed by atoms with Crippen molar-refractivity contribution in [3.05, 3.63) is 53.7 Å². The summed E-state index contributed by atoms with van der Waals surface area (Å²) in [6, 6.07) is 9.75. The minimum Gasteiger partial charge on any atom is -0.357 e. The molecule has 1 aliphatic rings. The van der Waals surface area contributed by atoms with Crippen LogP contribution in [0.3, 0.4) is 0 Å². The highest BCUT2D eigenvalue weighted by Gasteiger charge is 2.17. The van der Waals surface area contributed by atoms with Crippen molar-refractivity contribution < 1.29 is 13.2 Å². The van der Waals surface area contributed by atoms with Crippen molar-refractivity contribution in [3.8, 4) is 0 Å². The van der Waals surface area contributed by atoms with Gasteiger partial charge >= 0.3 is 0 Å². The lowest BCUT2D eigenvalue weighted by Crippen LogP contribution is -2.32. The minimum absolute atomic E-state index is 0.145. The highest BCUT2D eigenvalue weighted by atomic mass is 32.2. The Bertz CT molecular complexity index is 921. The van der Waals surface area contributed by atoms with Gasteiger partial charge in [-0.05, 0) is 62.1 Å². The number of anilines is 1. The zero-order valence-corrected chi connectivity index (χ0v) is 17.7. The SMILES string of the molecule is CCC(C)NS(=O)(=O)c1ccc(C(=O)NCc2ccc(N3CCCC3)nc2)cc1. The lowest BCUT2D eigenvalue weighted by molar-refractivity contribution is 0.0951. The number of benzene rings is 1. The molecule has 2 heterocycles. The van der Waals surface area contributed by atoms with Gasteiger partial charge in [-0.2, -0.15) is 0 Å². The zero-order chi connectivity index (χ0) is 20.9. The van der Waals surface area contributed by atoms with Crippen LogP contribution in [-0.4, -0.2) is 38.4 Å². The predicted molar refractivity (Wildman–Crippen MR) is 113 cm³/mol. The molecule has 0 aliphatic carbocycles. The second kappa shape index (κ2) is 9.37. The highest BCUT2D eigenvalue weighted by molar-refractivity contribution is 7.89. The Balaban J connectivity index is 1.56. The fourth-order valence-corrected chi connectivity index (χ4v) is 4.47. The van der Waals surface area contributed by atoms with Crippen molar-refractivity contribution in [2.75, 3.05) is 18.0 Å². The van der Waals surface area contributed by atoms with Gasteiger partial charge in [0.1, 0.15) is 5.82 Å². The van der Waals surface area contributed by atoms with E-state index in [2.05, 4.69) is 19.9 Å². The lowest BCUT2D eigenvalue weighted by atomic mass is 10.2. The molecule has 1 unspecified atom stereocenters. The first-order valence-electron chi connectivity index (χ1n) is 9.99. The number of sulfonamides is 1. The maximum atomic E-state index is 12.4. The van der Waals surface area contributed by atoms with Crippen LogP contribution in [0, 0.1) is 0 Å². The van der Waals surface area contributed by atoms with Crippen LogP contribution in [0.1, 0.15) is 49.0 Å². The molecular formula is C21H28N4O3S. The maximum Gasteiger partial charge on any atom is 0.251 e. The predicted octanol–water partition coefficient (Wildman–Crippen LogP) is 2.69. The Morgan fingerprint density at radius 1 is 1.14 bits per heavy atom. The summed E-state index contributed by atoms with van der Waals surface area (Å²) in [5.74, 6) is 0.716. The van der Waals surface area contributed by atoms with E-state index in [1.54, 1.807) is 6.20 Å². The molecule has 1 aromatic carbocycles. The molecule has 2 aromatic rings. The third kappa shape index (κ3) is 5.55. The van der Waals surface area contributed by atoms with E-state index in [1.807, 2.05) is 26.0 Å². The van der Waals surface area contributed by atoms with Gasteiger partial charge in [-0.1, -0.05) is 13.0 Å². The second-order valence-corrected chi connectivity index (χ2v) is 9.07. The Morgan fingerprint density at radius 2 is 1.83 bits per heavy atom. The quantitative estimate of drug-likeness (QED) is 0.690. The molecule has 2 N–H and O–H groups in total.